The van der Waals surface area contributed by atoms with Crippen molar-refractivity contribution >= 4 is 17.7 Å². The predicted octanol–water partition coefficient (Wildman–Crippen LogP) is 4.83. The van der Waals surface area contributed by atoms with Gasteiger partial charge in [0.15, 0.2) is 17.2 Å². The third-order valence-electron chi connectivity index (χ3n) is 6.40. The highest BCUT2D eigenvalue weighted by Crippen LogP contribution is 2.22. The molecule has 0 unspecified atom stereocenters. The molecule has 2 N–H and O–H groups in total. The van der Waals surface area contributed by atoms with Gasteiger partial charge in [0.25, 0.3) is 5.91 Å². The third-order valence-corrected chi connectivity index (χ3v) is 6.40. The SMILES string of the molecule is C=C[C@H](COC(C)=O)Nn1cc(C(=O)NCc2c(F)cc(F)cc2F)c(=O)c(OCc2ccccc2)c1C(=O)C[C@@H](C)C=C. The molecule has 0 radical (unpaired) electrons. The predicted molar refractivity (Wildman–Crippen MR) is 157 cm³/mol. The van der Waals surface area contributed by atoms with Gasteiger partial charge in [0.1, 0.15) is 36.2 Å². The van der Waals surface area contributed by atoms with Crippen LogP contribution in [0.5, 0.6) is 5.75 Å². The van der Waals surface area contributed by atoms with Gasteiger partial charge in [-0.05, 0) is 11.5 Å². The summed E-state index contributed by atoms with van der Waals surface area (Å²) < 4.78 is 53.8. The number of pyridine rings is 1. The second kappa shape index (κ2) is 15.4. The second-order valence-electron chi connectivity index (χ2n) is 9.84. The highest BCUT2D eigenvalue weighted by Gasteiger charge is 2.28. The zero-order valence-electron chi connectivity index (χ0n) is 24.2. The summed E-state index contributed by atoms with van der Waals surface area (Å²) in [4.78, 5) is 52.0. The average molecular weight is 612 g/mol. The Hall–Kier alpha value is -5.13. The number of carbonyl (C=O) groups is 3. The molecule has 0 spiro atoms. The topological polar surface area (TPSA) is 116 Å². The Morgan fingerprint density at radius 2 is 1.70 bits per heavy atom. The molecule has 1 aromatic heterocycles. The Balaban J connectivity index is 2.13. The van der Waals surface area contributed by atoms with E-state index >= 15 is 0 Å². The van der Waals surface area contributed by atoms with Gasteiger partial charge < -0.3 is 20.2 Å². The fourth-order valence-corrected chi connectivity index (χ4v) is 4.00. The van der Waals surface area contributed by atoms with Crippen LogP contribution in [0, 0.1) is 23.4 Å². The number of amides is 1. The number of allylic oxidation sites excluding steroid dienone is 1. The molecule has 0 aliphatic rings. The number of aromatic nitrogens is 1. The minimum Gasteiger partial charge on any atom is -0.483 e. The fraction of sp³-hybridized carbons (Fsp3) is 0.250. The first-order chi connectivity index (χ1) is 20.9. The van der Waals surface area contributed by atoms with Crippen LogP contribution in [0.3, 0.4) is 0 Å². The van der Waals surface area contributed by atoms with Gasteiger partial charge in [-0.15, -0.1) is 13.2 Å². The van der Waals surface area contributed by atoms with Gasteiger partial charge in [0.2, 0.25) is 5.43 Å². The van der Waals surface area contributed by atoms with Gasteiger partial charge in [-0.25, -0.2) is 13.2 Å². The van der Waals surface area contributed by atoms with E-state index in [1.54, 1.807) is 43.3 Å². The summed E-state index contributed by atoms with van der Waals surface area (Å²) in [5.41, 5.74) is 1.17. The smallest absolute Gasteiger partial charge is 0.302 e. The number of esters is 1. The largest absolute Gasteiger partial charge is 0.483 e. The Labute approximate surface area is 252 Å². The van der Waals surface area contributed by atoms with Crippen molar-refractivity contribution < 1.29 is 37.0 Å². The number of hydrogen-bond acceptors (Lipinski definition) is 7. The number of carbonyl (C=O) groups excluding carboxylic acids is 3. The van der Waals surface area contributed by atoms with Gasteiger partial charge in [-0.1, -0.05) is 49.4 Å². The van der Waals surface area contributed by atoms with Gasteiger partial charge in [-0.3, -0.25) is 23.9 Å². The molecule has 1 heterocycles. The van der Waals surface area contributed by atoms with Crippen LogP contribution < -0.4 is 20.9 Å². The van der Waals surface area contributed by atoms with Crippen molar-refractivity contribution in [3.8, 4) is 5.75 Å². The number of rotatable bonds is 15. The maximum absolute atomic E-state index is 14.2. The molecule has 0 aliphatic heterocycles. The molecule has 0 aliphatic carbocycles. The minimum absolute atomic E-state index is 0.0797. The van der Waals surface area contributed by atoms with Crippen LogP contribution >= 0.6 is 0 Å². The zero-order valence-corrected chi connectivity index (χ0v) is 24.2. The van der Waals surface area contributed by atoms with Crippen molar-refractivity contribution in [2.45, 2.75) is 39.5 Å². The average Bonchev–Trinajstić information content (AvgIpc) is 2.98. The lowest BCUT2D eigenvalue weighted by atomic mass is 10.0. The van der Waals surface area contributed by atoms with E-state index in [1.807, 2.05) is 0 Å². The van der Waals surface area contributed by atoms with E-state index in [1.165, 1.54) is 13.0 Å². The molecule has 0 fully saturated rings. The standard InChI is InChI=1S/C32H32F3N3O6/c1-5-19(3)12-28(40)29-31(44-17-21-10-8-7-9-11-21)30(41)25(16-38(29)37-23(6-2)18-43-20(4)39)32(42)36-15-24-26(34)13-22(33)14-27(24)35/h5-11,13-14,16,19,23,37H,1-2,12,15,17-18H2,3-4H3,(H,36,42)/t19-,23+/m0/s1. The molecule has 9 nitrogen and oxygen atoms in total. The number of benzene rings is 2. The van der Waals surface area contributed by atoms with Crippen LogP contribution in [-0.4, -0.2) is 35.0 Å². The molecule has 1 amide bonds. The quantitative estimate of drug-likeness (QED) is 0.144. The number of nitrogens with zero attached hydrogens (tertiary/aromatic N) is 1. The van der Waals surface area contributed by atoms with Crippen molar-refractivity contribution in [3.05, 3.63) is 124 Å². The van der Waals surface area contributed by atoms with Crippen LogP contribution in [0.25, 0.3) is 0 Å². The lowest BCUT2D eigenvalue weighted by Gasteiger charge is -2.24. The summed E-state index contributed by atoms with van der Waals surface area (Å²) in [7, 11) is 0. The van der Waals surface area contributed by atoms with Crippen LogP contribution in [0.1, 0.15) is 52.2 Å². The molecule has 0 saturated heterocycles. The Morgan fingerprint density at radius 1 is 1.05 bits per heavy atom. The lowest BCUT2D eigenvalue weighted by molar-refractivity contribution is -0.141. The van der Waals surface area contributed by atoms with Crippen molar-refractivity contribution in [2.75, 3.05) is 12.0 Å². The van der Waals surface area contributed by atoms with Crippen molar-refractivity contribution in [1.29, 1.82) is 0 Å². The van der Waals surface area contributed by atoms with Gasteiger partial charge >= 0.3 is 5.97 Å². The normalized spacial score (nSPS) is 12.0. The van der Waals surface area contributed by atoms with E-state index in [-0.39, 0.29) is 31.2 Å². The summed E-state index contributed by atoms with van der Waals surface area (Å²) in [6, 6.07) is 8.85. The third kappa shape index (κ3) is 8.69. The second-order valence-corrected chi connectivity index (χ2v) is 9.84. The molecule has 0 saturated carbocycles. The Morgan fingerprint density at radius 3 is 2.30 bits per heavy atom. The van der Waals surface area contributed by atoms with Gasteiger partial charge in [0.05, 0.1) is 6.04 Å². The van der Waals surface area contributed by atoms with Crippen molar-refractivity contribution in [3.63, 3.8) is 0 Å². The van der Waals surface area contributed by atoms with Crippen molar-refractivity contribution in [2.24, 2.45) is 5.92 Å². The lowest BCUT2D eigenvalue weighted by Crippen LogP contribution is -2.38. The van der Waals surface area contributed by atoms with E-state index in [9.17, 15) is 32.3 Å². The highest BCUT2D eigenvalue weighted by atomic mass is 19.1. The van der Waals surface area contributed by atoms with Crippen molar-refractivity contribution in [1.82, 2.24) is 9.99 Å². The molecule has 3 aromatic rings. The zero-order chi connectivity index (χ0) is 32.4. The molecule has 2 atom stereocenters. The number of ketones is 1. The molecular formula is C32H32F3N3O6. The Kier molecular flexibility index (Phi) is 11.7. The molecule has 3 rings (SSSR count). The number of ether oxygens (including phenoxy) is 2. The molecule has 44 heavy (non-hydrogen) atoms. The monoisotopic (exact) mass is 611 g/mol. The fourth-order valence-electron chi connectivity index (χ4n) is 4.00. The van der Waals surface area contributed by atoms with E-state index in [4.69, 9.17) is 9.47 Å². The number of Topliss-reactive ketones (excluding diaryl/α,β-unsaturated/α-hetero) is 1. The molecule has 12 heteroatoms. The van der Waals surface area contributed by atoms with E-state index in [0.29, 0.717) is 17.7 Å². The molecular weight excluding hydrogens is 579 g/mol. The highest BCUT2D eigenvalue weighted by molar-refractivity contribution is 6.00. The first-order valence-electron chi connectivity index (χ1n) is 13.5. The van der Waals surface area contributed by atoms with E-state index in [0.717, 1.165) is 10.9 Å². The minimum atomic E-state index is -1.23. The van der Waals surface area contributed by atoms with Crippen LogP contribution in [0.15, 0.2) is 78.8 Å². The van der Waals surface area contributed by atoms with E-state index < -0.39 is 70.0 Å². The maximum Gasteiger partial charge on any atom is 0.302 e. The summed E-state index contributed by atoms with van der Waals surface area (Å²) in [5, 5.41) is 2.26. The Bertz CT molecular complexity index is 1580. The van der Waals surface area contributed by atoms with Crippen LogP contribution in [0.4, 0.5) is 13.2 Å². The molecule has 2 aromatic carbocycles. The first-order valence-corrected chi connectivity index (χ1v) is 13.5. The first kappa shape index (κ1) is 33.4. The molecule has 232 valence electrons. The van der Waals surface area contributed by atoms with Crippen LogP contribution in [0.2, 0.25) is 0 Å². The van der Waals surface area contributed by atoms with Gasteiger partial charge in [0, 0.05) is 43.8 Å². The van der Waals surface area contributed by atoms with Gasteiger partial charge in [-0.2, -0.15) is 0 Å². The van der Waals surface area contributed by atoms with Crippen LogP contribution in [-0.2, 0) is 22.7 Å². The summed E-state index contributed by atoms with van der Waals surface area (Å²) in [6.45, 7) is 9.25. The van der Waals surface area contributed by atoms with E-state index in [2.05, 4.69) is 23.9 Å². The number of nitrogens with one attached hydrogen (secondary N) is 2. The maximum atomic E-state index is 14.2. The number of hydrogen-bond donors (Lipinski definition) is 2. The summed E-state index contributed by atoms with van der Waals surface area (Å²) in [6.07, 6.45) is 3.89. The summed E-state index contributed by atoms with van der Waals surface area (Å²) in [5.74, 6) is -6.55. The molecule has 0 bridgehead atoms. The summed E-state index contributed by atoms with van der Waals surface area (Å²) >= 11 is 0. The number of halogens is 3.